The zero-order valence-electron chi connectivity index (χ0n) is 7.79. The van der Waals surface area contributed by atoms with E-state index < -0.39 is 0 Å². The molecule has 0 saturated heterocycles. The summed E-state index contributed by atoms with van der Waals surface area (Å²) in [5.74, 6) is 0.752. The number of hydrogen-bond acceptors (Lipinski definition) is 3. The smallest absolute Gasteiger partial charge is 0.161 e. The summed E-state index contributed by atoms with van der Waals surface area (Å²) in [5.41, 5.74) is 6.45. The van der Waals surface area contributed by atoms with Crippen molar-refractivity contribution in [2.75, 3.05) is 18.5 Å². The van der Waals surface area contributed by atoms with Gasteiger partial charge < -0.3 is 15.8 Å². The summed E-state index contributed by atoms with van der Waals surface area (Å²) >= 11 is 5.98. The number of halogens is 1. The van der Waals surface area contributed by atoms with E-state index in [4.69, 9.17) is 22.1 Å². The highest BCUT2D eigenvalue weighted by molar-refractivity contribution is 6.32. The molecule has 1 unspecified atom stereocenters. The van der Waals surface area contributed by atoms with Crippen LogP contribution in [-0.4, -0.2) is 19.2 Å². The van der Waals surface area contributed by atoms with E-state index in [1.807, 2.05) is 18.2 Å². The van der Waals surface area contributed by atoms with Crippen molar-refractivity contribution in [1.82, 2.24) is 0 Å². The molecule has 1 aliphatic heterocycles. The molecule has 0 amide bonds. The van der Waals surface area contributed by atoms with Crippen LogP contribution in [0.1, 0.15) is 6.42 Å². The molecular weight excluding hydrogens is 200 g/mol. The normalized spacial score (nSPS) is 19.4. The predicted molar refractivity (Wildman–Crippen MR) is 58.0 cm³/mol. The third-order valence-electron chi connectivity index (χ3n) is 2.27. The first kappa shape index (κ1) is 9.62. The number of nitrogens with two attached hydrogens (primary N) is 1. The molecule has 3 nitrogen and oxygen atoms in total. The fourth-order valence-electron chi connectivity index (χ4n) is 1.57. The van der Waals surface area contributed by atoms with Crippen LogP contribution >= 0.6 is 11.6 Å². The molecule has 0 aromatic heterocycles. The van der Waals surface area contributed by atoms with E-state index in [1.165, 1.54) is 0 Å². The van der Waals surface area contributed by atoms with Crippen molar-refractivity contribution < 1.29 is 4.74 Å². The Morgan fingerprint density at radius 2 is 2.43 bits per heavy atom. The van der Waals surface area contributed by atoms with Crippen molar-refractivity contribution in [1.29, 1.82) is 0 Å². The van der Waals surface area contributed by atoms with Gasteiger partial charge in [0.05, 0.1) is 16.8 Å². The lowest BCUT2D eigenvalue weighted by Crippen LogP contribution is -2.33. The maximum atomic E-state index is 5.98. The minimum absolute atomic E-state index is 0.297. The Labute approximate surface area is 88.2 Å². The number of rotatable bonds is 2. The maximum Gasteiger partial charge on any atom is 0.161 e. The number of para-hydroxylation sites is 1. The molecule has 1 heterocycles. The van der Waals surface area contributed by atoms with Gasteiger partial charge in [-0.2, -0.15) is 0 Å². The molecule has 76 valence electrons. The van der Waals surface area contributed by atoms with Gasteiger partial charge in [0.1, 0.15) is 6.61 Å². The summed E-state index contributed by atoms with van der Waals surface area (Å²) in [5, 5.41) is 4.00. The van der Waals surface area contributed by atoms with Crippen molar-refractivity contribution >= 4 is 17.3 Å². The fourth-order valence-corrected chi connectivity index (χ4v) is 1.80. The van der Waals surface area contributed by atoms with E-state index in [1.54, 1.807) is 0 Å². The van der Waals surface area contributed by atoms with Crippen LogP contribution in [0.5, 0.6) is 5.75 Å². The van der Waals surface area contributed by atoms with Gasteiger partial charge in [-0.05, 0) is 25.1 Å². The van der Waals surface area contributed by atoms with Crippen molar-refractivity contribution in [3.05, 3.63) is 23.2 Å². The standard InChI is InChI=1S/C10H13ClN2O/c11-8-2-1-3-9-10(8)14-6-7(13-9)4-5-12/h1-3,7,13H,4-6,12H2. The molecule has 14 heavy (non-hydrogen) atoms. The fraction of sp³-hybridized carbons (Fsp3) is 0.400. The lowest BCUT2D eigenvalue weighted by atomic mass is 10.1. The van der Waals surface area contributed by atoms with Crippen molar-refractivity contribution in [2.45, 2.75) is 12.5 Å². The van der Waals surface area contributed by atoms with Gasteiger partial charge in [-0.3, -0.25) is 0 Å². The minimum Gasteiger partial charge on any atom is -0.488 e. The summed E-state index contributed by atoms with van der Waals surface area (Å²) < 4.78 is 5.57. The molecule has 1 aromatic rings. The number of ether oxygens (including phenoxy) is 1. The molecule has 3 N–H and O–H groups in total. The SMILES string of the molecule is NCCC1COc2c(Cl)cccc2N1. The third-order valence-corrected chi connectivity index (χ3v) is 2.57. The van der Waals surface area contributed by atoms with Crippen LogP contribution in [0.4, 0.5) is 5.69 Å². The molecule has 1 aromatic carbocycles. The lowest BCUT2D eigenvalue weighted by Gasteiger charge is -2.27. The topological polar surface area (TPSA) is 47.3 Å². The zero-order valence-corrected chi connectivity index (χ0v) is 8.55. The van der Waals surface area contributed by atoms with E-state index in [2.05, 4.69) is 5.32 Å². The van der Waals surface area contributed by atoms with Gasteiger partial charge in [0, 0.05) is 0 Å². The average Bonchev–Trinajstić information content (AvgIpc) is 2.18. The highest BCUT2D eigenvalue weighted by Crippen LogP contribution is 2.35. The second kappa shape index (κ2) is 4.07. The zero-order chi connectivity index (χ0) is 9.97. The molecule has 0 spiro atoms. The van der Waals surface area contributed by atoms with Crippen LogP contribution in [0, 0.1) is 0 Å². The van der Waals surface area contributed by atoms with Gasteiger partial charge in [-0.1, -0.05) is 17.7 Å². The lowest BCUT2D eigenvalue weighted by molar-refractivity contribution is 0.280. The van der Waals surface area contributed by atoms with Crippen LogP contribution in [0.15, 0.2) is 18.2 Å². The highest BCUT2D eigenvalue weighted by atomic mass is 35.5. The van der Waals surface area contributed by atoms with Crippen LogP contribution in [0.3, 0.4) is 0 Å². The van der Waals surface area contributed by atoms with E-state index >= 15 is 0 Å². The molecule has 0 fully saturated rings. The van der Waals surface area contributed by atoms with Gasteiger partial charge >= 0.3 is 0 Å². The highest BCUT2D eigenvalue weighted by Gasteiger charge is 2.19. The quantitative estimate of drug-likeness (QED) is 0.787. The summed E-state index contributed by atoms with van der Waals surface area (Å²) in [6, 6.07) is 5.99. The Morgan fingerprint density at radius 3 is 3.21 bits per heavy atom. The van der Waals surface area contributed by atoms with Crippen molar-refractivity contribution in [3.63, 3.8) is 0 Å². The first-order chi connectivity index (χ1) is 6.81. The molecule has 0 radical (unpaired) electrons. The number of hydrogen-bond donors (Lipinski definition) is 2. The van der Waals surface area contributed by atoms with Crippen LogP contribution in [0.2, 0.25) is 5.02 Å². The Kier molecular flexibility index (Phi) is 2.79. The maximum absolute atomic E-state index is 5.98. The van der Waals surface area contributed by atoms with Crippen LogP contribution in [-0.2, 0) is 0 Å². The number of nitrogens with one attached hydrogen (secondary N) is 1. The molecule has 0 saturated carbocycles. The largest absolute Gasteiger partial charge is 0.488 e. The first-order valence-electron chi connectivity index (χ1n) is 4.69. The van der Waals surface area contributed by atoms with Crippen LogP contribution < -0.4 is 15.8 Å². The molecule has 1 atom stereocenters. The van der Waals surface area contributed by atoms with Gasteiger partial charge in [0.15, 0.2) is 5.75 Å². The summed E-state index contributed by atoms with van der Waals surface area (Å²) in [4.78, 5) is 0. The molecule has 2 rings (SSSR count). The van der Waals surface area contributed by atoms with E-state index in [9.17, 15) is 0 Å². The second-order valence-corrected chi connectivity index (χ2v) is 3.75. The van der Waals surface area contributed by atoms with Crippen LogP contribution in [0.25, 0.3) is 0 Å². The Bertz CT molecular complexity index is 330. The average molecular weight is 213 g/mol. The van der Waals surface area contributed by atoms with Gasteiger partial charge in [0.2, 0.25) is 0 Å². The number of anilines is 1. The second-order valence-electron chi connectivity index (χ2n) is 3.35. The minimum atomic E-state index is 0.297. The number of benzene rings is 1. The first-order valence-corrected chi connectivity index (χ1v) is 5.07. The number of fused-ring (bicyclic) bond motifs is 1. The van der Waals surface area contributed by atoms with E-state index in [0.29, 0.717) is 24.2 Å². The third kappa shape index (κ3) is 1.79. The summed E-state index contributed by atoms with van der Waals surface area (Å²) in [6.45, 7) is 1.30. The molecule has 0 aliphatic carbocycles. The molecule has 1 aliphatic rings. The summed E-state index contributed by atoms with van der Waals surface area (Å²) in [6.07, 6.45) is 0.909. The Hall–Kier alpha value is -0.930. The Balaban J connectivity index is 2.18. The van der Waals surface area contributed by atoms with E-state index in [-0.39, 0.29) is 0 Å². The molecular formula is C10H13ClN2O. The van der Waals surface area contributed by atoms with E-state index in [0.717, 1.165) is 17.9 Å². The Morgan fingerprint density at radius 1 is 1.57 bits per heavy atom. The monoisotopic (exact) mass is 212 g/mol. The van der Waals surface area contributed by atoms with Crippen molar-refractivity contribution in [3.8, 4) is 5.75 Å². The van der Waals surface area contributed by atoms with Gasteiger partial charge in [0.25, 0.3) is 0 Å². The van der Waals surface area contributed by atoms with Gasteiger partial charge in [-0.15, -0.1) is 0 Å². The van der Waals surface area contributed by atoms with Gasteiger partial charge in [-0.25, -0.2) is 0 Å². The molecule has 4 heteroatoms. The molecule has 0 bridgehead atoms. The van der Waals surface area contributed by atoms with Crippen molar-refractivity contribution in [2.24, 2.45) is 5.73 Å². The predicted octanol–water partition coefficient (Wildman–Crippen LogP) is 1.86. The summed E-state index contributed by atoms with van der Waals surface area (Å²) in [7, 11) is 0.